The number of anilines is 1. The molecule has 0 unspecified atom stereocenters. The number of carbonyl (C=O) groups is 2. The fourth-order valence-corrected chi connectivity index (χ4v) is 2.84. The molecule has 168 valence electrons. The van der Waals surface area contributed by atoms with Gasteiger partial charge in [-0.2, -0.15) is 13.2 Å². The van der Waals surface area contributed by atoms with Gasteiger partial charge in [-0.05, 0) is 31.2 Å². The van der Waals surface area contributed by atoms with E-state index in [0.717, 1.165) is 0 Å². The first-order valence-electron chi connectivity index (χ1n) is 8.90. The third kappa shape index (κ3) is 5.13. The highest BCUT2D eigenvalue weighted by molar-refractivity contribution is 6.33. The van der Waals surface area contributed by atoms with E-state index < -0.39 is 23.7 Å². The minimum atomic E-state index is -5.32. The normalized spacial score (nSPS) is 13.0. The zero-order valence-electron chi connectivity index (χ0n) is 16.8. The van der Waals surface area contributed by atoms with Crippen LogP contribution in [0.4, 0.5) is 18.9 Å². The van der Waals surface area contributed by atoms with Crippen molar-refractivity contribution in [3.63, 3.8) is 0 Å². The van der Waals surface area contributed by atoms with Gasteiger partial charge in [-0.25, -0.2) is 4.79 Å². The van der Waals surface area contributed by atoms with Crippen LogP contribution in [-0.4, -0.2) is 44.5 Å². The summed E-state index contributed by atoms with van der Waals surface area (Å²) in [6, 6.07) is 9.34. The van der Waals surface area contributed by atoms with Crippen molar-refractivity contribution in [3.05, 3.63) is 53.1 Å². The van der Waals surface area contributed by atoms with Crippen molar-refractivity contribution in [1.82, 2.24) is 5.32 Å². The van der Waals surface area contributed by atoms with Crippen LogP contribution in [0.5, 0.6) is 11.5 Å². The van der Waals surface area contributed by atoms with E-state index in [2.05, 4.69) is 10.1 Å². The van der Waals surface area contributed by atoms with Crippen molar-refractivity contribution in [2.75, 3.05) is 26.1 Å². The number of carbonyl (C=O) groups excluding carboxylic acids is 2. The molecular formula is C20H20ClF3N2O5. The van der Waals surface area contributed by atoms with Gasteiger partial charge in [-0.1, -0.05) is 23.7 Å². The molecule has 2 rings (SSSR count). The van der Waals surface area contributed by atoms with Crippen LogP contribution in [0, 0.1) is 0 Å². The van der Waals surface area contributed by atoms with Crippen molar-refractivity contribution in [1.29, 1.82) is 0 Å². The third-order valence-corrected chi connectivity index (χ3v) is 4.49. The smallest absolute Gasteiger partial charge is 0.441 e. The van der Waals surface area contributed by atoms with E-state index in [1.54, 1.807) is 5.32 Å². The molecule has 1 amide bonds. The molecule has 0 aliphatic rings. The van der Waals surface area contributed by atoms with Crippen molar-refractivity contribution < 1.29 is 37.0 Å². The van der Waals surface area contributed by atoms with Crippen LogP contribution >= 0.6 is 11.6 Å². The molecule has 0 saturated heterocycles. The Morgan fingerprint density at radius 3 is 2.29 bits per heavy atom. The van der Waals surface area contributed by atoms with E-state index in [1.165, 1.54) is 63.6 Å². The molecule has 11 heteroatoms. The van der Waals surface area contributed by atoms with E-state index in [9.17, 15) is 22.8 Å². The number of nitrogens with one attached hydrogen (secondary N) is 2. The molecule has 0 heterocycles. The second kappa shape index (κ2) is 9.78. The quantitative estimate of drug-likeness (QED) is 0.457. The van der Waals surface area contributed by atoms with Crippen molar-refractivity contribution >= 4 is 29.2 Å². The predicted octanol–water partition coefficient (Wildman–Crippen LogP) is 4.02. The van der Waals surface area contributed by atoms with Gasteiger partial charge in [0.2, 0.25) is 0 Å². The summed E-state index contributed by atoms with van der Waals surface area (Å²) in [6.07, 6.45) is -5.32. The Morgan fingerprint density at radius 2 is 1.74 bits per heavy atom. The number of esters is 1. The van der Waals surface area contributed by atoms with Gasteiger partial charge >= 0.3 is 17.8 Å². The zero-order chi connectivity index (χ0) is 23.2. The van der Waals surface area contributed by atoms with Crippen molar-refractivity contribution in [3.8, 4) is 11.5 Å². The molecule has 2 aromatic rings. The summed E-state index contributed by atoms with van der Waals surface area (Å²) in [7, 11) is 2.59. The van der Waals surface area contributed by atoms with Gasteiger partial charge in [0.25, 0.3) is 5.91 Å². The average Bonchev–Trinajstić information content (AvgIpc) is 2.72. The summed E-state index contributed by atoms with van der Waals surface area (Å²) in [5.41, 5.74) is -4.14. The topological polar surface area (TPSA) is 85.9 Å². The first-order valence-corrected chi connectivity index (χ1v) is 9.28. The van der Waals surface area contributed by atoms with Crippen LogP contribution < -0.4 is 20.1 Å². The molecule has 7 nitrogen and oxygen atoms in total. The summed E-state index contributed by atoms with van der Waals surface area (Å²) in [5, 5.41) is 3.68. The number of halogens is 4. The predicted molar refractivity (Wildman–Crippen MR) is 108 cm³/mol. The Hall–Kier alpha value is -3.14. The van der Waals surface area contributed by atoms with E-state index in [4.69, 9.17) is 21.1 Å². The number of alkyl halides is 3. The van der Waals surface area contributed by atoms with Gasteiger partial charge < -0.3 is 24.8 Å². The molecule has 0 radical (unpaired) electrons. The second-order valence-electron chi connectivity index (χ2n) is 6.09. The number of hydrogen-bond donors (Lipinski definition) is 2. The third-order valence-electron chi connectivity index (χ3n) is 4.16. The van der Waals surface area contributed by atoms with Gasteiger partial charge in [0.1, 0.15) is 11.5 Å². The summed E-state index contributed by atoms with van der Waals surface area (Å²) < 4.78 is 57.7. The minimum Gasteiger partial charge on any atom is -0.497 e. The Kier molecular flexibility index (Phi) is 7.61. The van der Waals surface area contributed by atoms with Crippen LogP contribution in [0.1, 0.15) is 17.3 Å². The van der Waals surface area contributed by atoms with Gasteiger partial charge in [0.15, 0.2) is 0 Å². The molecule has 0 saturated carbocycles. The van der Waals surface area contributed by atoms with E-state index in [-0.39, 0.29) is 28.6 Å². The van der Waals surface area contributed by atoms with Crippen LogP contribution in [0.2, 0.25) is 5.02 Å². The van der Waals surface area contributed by atoms with Crippen LogP contribution in [0.3, 0.4) is 0 Å². The number of rotatable bonds is 8. The fraction of sp³-hybridized carbons (Fsp3) is 0.300. The molecule has 0 fully saturated rings. The summed E-state index contributed by atoms with van der Waals surface area (Å²) in [6.45, 7) is 0.975. The van der Waals surface area contributed by atoms with E-state index >= 15 is 0 Å². The largest absolute Gasteiger partial charge is 0.497 e. The van der Waals surface area contributed by atoms with Gasteiger partial charge in [0, 0.05) is 6.07 Å². The van der Waals surface area contributed by atoms with Crippen LogP contribution in [-0.2, 0) is 9.53 Å². The maximum absolute atomic E-state index is 14.3. The molecule has 2 aromatic carbocycles. The van der Waals surface area contributed by atoms with Crippen molar-refractivity contribution in [2.45, 2.75) is 18.8 Å². The van der Waals surface area contributed by atoms with Gasteiger partial charge in [0.05, 0.1) is 37.1 Å². The van der Waals surface area contributed by atoms with Crippen LogP contribution in [0.15, 0.2) is 42.5 Å². The van der Waals surface area contributed by atoms with E-state index in [0.29, 0.717) is 5.75 Å². The number of ether oxygens (including phenoxy) is 3. The highest BCUT2D eigenvalue weighted by Crippen LogP contribution is 2.37. The standard InChI is InChI=1S/C20H20ClF3N2O5/c1-4-31-18(28)19(20(22,23)24,26-17(27)13-7-5-6-8-14(13)21)25-15-10-9-12(29-2)11-16(15)30-3/h5-11,25H,4H2,1-3H3,(H,26,27)/t19-/m0/s1. The highest BCUT2D eigenvalue weighted by atomic mass is 35.5. The molecule has 0 bridgehead atoms. The van der Waals surface area contributed by atoms with Crippen LogP contribution in [0.25, 0.3) is 0 Å². The lowest BCUT2D eigenvalue weighted by atomic mass is 10.1. The molecule has 2 N–H and O–H groups in total. The first kappa shape index (κ1) is 24.1. The second-order valence-corrected chi connectivity index (χ2v) is 6.50. The highest BCUT2D eigenvalue weighted by Gasteiger charge is 2.64. The van der Waals surface area contributed by atoms with Crippen molar-refractivity contribution in [2.24, 2.45) is 0 Å². The van der Waals surface area contributed by atoms with Gasteiger partial charge in [-0.15, -0.1) is 0 Å². The molecule has 31 heavy (non-hydrogen) atoms. The summed E-state index contributed by atoms with van der Waals surface area (Å²) >= 11 is 5.93. The molecule has 0 aliphatic carbocycles. The molecular weight excluding hydrogens is 441 g/mol. The average molecular weight is 461 g/mol. The lowest BCUT2D eigenvalue weighted by molar-refractivity contribution is -0.204. The number of benzene rings is 2. The number of hydrogen-bond acceptors (Lipinski definition) is 6. The zero-order valence-corrected chi connectivity index (χ0v) is 17.6. The van der Waals surface area contributed by atoms with E-state index in [1.807, 2.05) is 0 Å². The Morgan fingerprint density at radius 1 is 1.06 bits per heavy atom. The summed E-state index contributed by atoms with van der Waals surface area (Å²) in [4.78, 5) is 25.3. The minimum absolute atomic E-state index is 0.0655. The Balaban J connectivity index is 2.60. The maximum atomic E-state index is 14.3. The van der Waals surface area contributed by atoms with Gasteiger partial charge in [-0.3, -0.25) is 4.79 Å². The maximum Gasteiger partial charge on any atom is 0.441 e. The SMILES string of the molecule is CCOC(=O)[C@@](NC(=O)c1ccccc1Cl)(Nc1ccc(OC)cc1OC)C(F)(F)F. The fourth-order valence-electron chi connectivity index (χ4n) is 2.62. The summed E-state index contributed by atoms with van der Waals surface area (Å²) in [5.74, 6) is -2.77. The number of amides is 1. The number of methoxy groups -OCH3 is 2. The Bertz CT molecular complexity index is 955. The molecule has 1 atom stereocenters. The molecule has 0 aliphatic heterocycles. The molecule has 0 spiro atoms. The monoisotopic (exact) mass is 460 g/mol. The lowest BCUT2D eigenvalue weighted by Crippen LogP contribution is -2.69. The first-order chi connectivity index (χ1) is 14.6. The lowest BCUT2D eigenvalue weighted by Gasteiger charge is -2.35. The molecule has 0 aromatic heterocycles. The Labute approximate surface area is 181 Å².